The van der Waals surface area contributed by atoms with E-state index < -0.39 is 0 Å². The van der Waals surface area contributed by atoms with Gasteiger partial charge in [-0.05, 0) is 49.9 Å². The second kappa shape index (κ2) is 5.03. The predicted molar refractivity (Wildman–Crippen MR) is 99.9 cm³/mol. The normalized spacial score (nSPS) is 39.3. The van der Waals surface area contributed by atoms with Gasteiger partial charge in [0.05, 0.1) is 7.11 Å². The van der Waals surface area contributed by atoms with Gasteiger partial charge in [-0.25, -0.2) is 0 Å². The molecule has 0 radical (unpaired) electrons. The van der Waals surface area contributed by atoms with Gasteiger partial charge in [-0.1, -0.05) is 33.3 Å². The molecule has 0 aromatic heterocycles. The first-order valence-electron chi connectivity index (χ1n) is 9.99. The highest BCUT2D eigenvalue weighted by atomic mass is 16.5. The highest BCUT2D eigenvalue weighted by Gasteiger charge is 2.71. The van der Waals surface area contributed by atoms with Crippen molar-refractivity contribution in [3.8, 4) is 11.5 Å². The zero-order valence-electron chi connectivity index (χ0n) is 16.5. The third kappa shape index (κ3) is 1.64. The van der Waals surface area contributed by atoms with E-state index in [1.807, 2.05) is 6.07 Å². The van der Waals surface area contributed by atoms with Crippen LogP contribution in [-0.4, -0.2) is 43.5 Å². The number of hydrogen-bond acceptors (Lipinski definition) is 4. The fourth-order valence-corrected chi connectivity index (χ4v) is 6.98. The Balaban J connectivity index is 1.83. The van der Waals surface area contributed by atoms with Gasteiger partial charge in [0.25, 0.3) is 0 Å². The number of ether oxygens (including phenoxy) is 2. The van der Waals surface area contributed by atoms with Gasteiger partial charge < -0.3 is 14.4 Å². The van der Waals surface area contributed by atoms with E-state index in [4.69, 9.17) is 9.47 Å². The SMILES string of the molecule is CC[C@@H]1C2[C@H]3Cc4ccc(OC)c5c4[C@@]2(CCN3C)[C@@H](O5)C(=O)C1(C)C. The van der Waals surface area contributed by atoms with Gasteiger partial charge >= 0.3 is 0 Å². The van der Waals surface area contributed by atoms with Crippen molar-refractivity contribution in [2.24, 2.45) is 17.3 Å². The molecule has 4 aliphatic rings. The maximum Gasteiger partial charge on any atom is 0.180 e. The summed E-state index contributed by atoms with van der Waals surface area (Å²) in [5.74, 6) is 2.76. The van der Waals surface area contributed by atoms with Crippen molar-refractivity contribution >= 4 is 5.78 Å². The number of likely N-dealkylation sites (N-methyl/N-ethyl adjacent to an activating group) is 1. The van der Waals surface area contributed by atoms with Gasteiger partial charge in [0.1, 0.15) is 0 Å². The molecule has 2 aliphatic heterocycles. The fourth-order valence-electron chi connectivity index (χ4n) is 6.98. The zero-order chi connectivity index (χ0) is 18.4. The maximum atomic E-state index is 13.6. The third-order valence-electron chi connectivity index (χ3n) is 8.15. The topological polar surface area (TPSA) is 38.8 Å². The molecule has 1 saturated carbocycles. The summed E-state index contributed by atoms with van der Waals surface area (Å²) in [4.78, 5) is 16.2. The molecule has 5 atom stereocenters. The van der Waals surface area contributed by atoms with Crippen LogP contribution in [0.15, 0.2) is 12.1 Å². The molecular formula is C22H29NO3. The Labute approximate surface area is 155 Å². The molecule has 4 heteroatoms. The number of carbonyl (C=O) groups excluding carboxylic acids is 1. The minimum Gasteiger partial charge on any atom is -0.493 e. The number of hydrogen-bond donors (Lipinski definition) is 0. The summed E-state index contributed by atoms with van der Waals surface area (Å²) in [5.41, 5.74) is 2.15. The number of benzene rings is 1. The first-order chi connectivity index (χ1) is 12.4. The molecule has 2 aliphatic carbocycles. The monoisotopic (exact) mass is 355 g/mol. The smallest absolute Gasteiger partial charge is 0.180 e. The Morgan fingerprint density at radius 3 is 2.81 bits per heavy atom. The standard InChI is InChI=1S/C22H29NO3/c1-6-13-17-14-11-12-7-8-15(25-5)18-16(12)22(17,9-10-23(14)4)20(26-18)19(24)21(13,2)3/h7-8,13-14,17,20H,6,9-11H2,1-5H3/t13-,14-,17?,20+,22-/m1/s1. The molecule has 1 spiro atoms. The minimum absolute atomic E-state index is 0.165. The lowest BCUT2D eigenvalue weighted by atomic mass is 9.43. The quantitative estimate of drug-likeness (QED) is 0.817. The van der Waals surface area contributed by atoms with Crippen LogP contribution < -0.4 is 9.47 Å². The fraction of sp³-hybridized carbons (Fsp3) is 0.682. The first kappa shape index (κ1) is 16.6. The molecule has 2 heterocycles. The molecule has 1 aromatic rings. The maximum absolute atomic E-state index is 13.6. The van der Waals surface area contributed by atoms with Crippen molar-refractivity contribution in [1.82, 2.24) is 4.90 Å². The molecule has 2 bridgehead atoms. The Kier molecular flexibility index (Phi) is 3.22. The second-order valence-corrected chi connectivity index (χ2v) is 9.30. The average Bonchev–Trinajstić information content (AvgIpc) is 2.96. The Hall–Kier alpha value is -1.55. The molecule has 5 rings (SSSR count). The summed E-state index contributed by atoms with van der Waals surface area (Å²) >= 11 is 0. The Morgan fingerprint density at radius 1 is 1.35 bits per heavy atom. The molecule has 1 unspecified atom stereocenters. The van der Waals surface area contributed by atoms with Gasteiger partial charge in [-0.15, -0.1) is 0 Å². The van der Waals surface area contributed by atoms with Crippen LogP contribution in [0.3, 0.4) is 0 Å². The minimum atomic E-state index is -0.355. The van der Waals surface area contributed by atoms with Gasteiger partial charge in [0, 0.05) is 22.4 Å². The Morgan fingerprint density at radius 2 is 2.12 bits per heavy atom. The number of rotatable bonds is 2. The molecular weight excluding hydrogens is 326 g/mol. The van der Waals surface area contributed by atoms with Crippen LogP contribution in [0.2, 0.25) is 0 Å². The molecule has 140 valence electrons. The van der Waals surface area contributed by atoms with Crippen LogP contribution in [0, 0.1) is 17.3 Å². The molecule has 2 fully saturated rings. The third-order valence-corrected chi connectivity index (χ3v) is 8.15. The highest BCUT2D eigenvalue weighted by Crippen LogP contribution is 2.67. The van der Waals surface area contributed by atoms with E-state index in [9.17, 15) is 4.79 Å². The Bertz CT molecular complexity index is 801. The molecule has 4 nitrogen and oxygen atoms in total. The molecule has 1 aromatic carbocycles. The number of nitrogens with zero attached hydrogens (tertiary/aromatic N) is 1. The van der Waals surface area contributed by atoms with Gasteiger partial charge in [0.2, 0.25) is 0 Å². The summed E-state index contributed by atoms with van der Waals surface area (Å²) in [7, 11) is 3.95. The number of methoxy groups -OCH3 is 1. The van der Waals surface area contributed by atoms with Crippen LogP contribution in [0.1, 0.15) is 44.7 Å². The van der Waals surface area contributed by atoms with E-state index in [2.05, 4.69) is 38.8 Å². The predicted octanol–water partition coefficient (Wildman–Crippen LogP) is 3.21. The van der Waals surface area contributed by atoms with Gasteiger partial charge in [0.15, 0.2) is 23.4 Å². The summed E-state index contributed by atoms with van der Waals surface area (Å²) in [5, 5.41) is 0. The van der Waals surface area contributed by atoms with Crippen molar-refractivity contribution in [2.45, 2.75) is 57.6 Å². The number of Topliss-reactive ketones (excluding diaryl/α,β-unsaturated/α-hetero) is 1. The van der Waals surface area contributed by atoms with Crippen LogP contribution in [-0.2, 0) is 16.6 Å². The summed E-state index contributed by atoms with van der Waals surface area (Å²) in [6, 6.07) is 4.71. The van der Waals surface area contributed by atoms with Crippen molar-refractivity contribution in [1.29, 1.82) is 0 Å². The van der Waals surface area contributed by atoms with Crippen LogP contribution in [0.25, 0.3) is 0 Å². The lowest BCUT2D eigenvalue weighted by Crippen LogP contribution is -2.71. The van der Waals surface area contributed by atoms with Crippen LogP contribution in [0.4, 0.5) is 0 Å². The summed E-state index contributed by atoms with van der Waals surface area (Å²) < 4.78 is 12.1. The highest BCUT2D eigenvalue weighted by molar-refractivity contribution is 5.94. The zero-order valence-corrected chi connectivity index (χ0v) is 16.5. The summed E-state index contributed by atoms with van der Waals surface area (Å²) in [6.45, 7) is 7.57. The largest absolute Gasteiger partial charge is 0.493 e. The number of ketones is 1. The van der Waals surface area contributed by atoms with Gasteiger partial charge in [-0.2, -0.15) is 0 Å². The van der Waals surface area contributed by atoms with Crippen molar-refractivity contribution in [2.75, 3.05) is 20.7 Å². The van der Waals surface area contributed by atoms with Crippen LogP contribution in [0.5, 0.6) is 11.5 Å². The van der Waals surface area contributed by atoms with E-state index in [0.717, 1.165) is 37.3 Å². The van der Waals surface area contributed by atoms with Crippen molar-refractivity contribution in [3.63, 3.8) is 0 Å². The lowest BCUT2D eigenvalue weighted by molar-refractivity contribution is -0.164. The molecule has 0 N–H and O–H groups in total. The number of likely N-dealkylation sites (tertiary alicyclic amines) is 1. The van der Waals surface area contributed by atoms with Crippen molar-refractivity contribution < 1.29 is 14.3 Å². The summed E-state index contributed by atoms with van der Waals surface area (Å²) in [6.07, 6.45) is 2.73. The van der Waals surface area contributed by atoms with Crippen LogP contribution >= 0.6 is 0 Å². The molecule has 1 saturated heterocycles. The van der Waals surface area contributed by atoms with E-state index in [-0.39, 0.29) is 22.7 Å². The number of carbonyl (C=O) groups is 1. The van der Waals surface area contributed by atoms with E-state index in [1.165, 1.54) is 11.1 Å². The van der Waals surface area contributed by atoms with E-state index in [0.29, 0.717) is 17.9 Å². The molecule has 26 heavy (non-hydrogen) atoms. The molecule has 0 amide bonds. The van der Waals surface area contributed by atoms with Gasteiger partial charge in [-0.3, -0.25) is 4.79 Å². The average molecular weight is 355 g/mol. The van der Waals surface area contributed by atoms with E-state index >= 15 is 0 Å². The number of piperidine rings is 1. The van der Waals surface area contributed by atoms with E-state index in [1.54, 1.807) is 7.11 Å². The second-order valence-electron chi connectivity index (χ2n) is 9.30. The lowest BCUT2D eigenvalue weighted by Gasteiger charge is -2.63. The van der Waals surface area contributed by atoms with Crippen molar-refractivity contribution in [3.05, 3.63) is 23.3 Å². The first-order valence-corrected chi connectivity index (χ1v) is 9.99.